The van der Waals surface area contributed by atoms with E-state index in [1.165, 1.54) is 0 Å². The van der Waals surface area contributed by atoms with Gasteiger partial charge in [0.2, 0.25) is 5.91 Å². The SMILES string of the molecule is Cc1ncc(CNCCC(N)=O)n1-c1ccccc1. The summed E-state index contributed by atoms with van der Waals surface area (Å²) in [7, 11) is 0. The first-order valence-electron chi connectivity index (χ1n) is 6.26. The van der Waals surface area contributed by atoms with Crippen LogP contribution in [0.25, 0.3) is 5.69 Å². The normalized spacial score (nSPS) is 10.6. The Morgan fingerprint density at radius 1 is 1.37 bits per heavy atom. The standard InChI is InChI=1S/C14H18N4O/c1-11-17-10-13(9-16-8-7-14(15)19)18(11)12-5-3-2-4-6-12/h2-6,10,16H,7-9H2,1H3,(H2,15,19). The van der Waals surface area contributed by atoms with E-state index in [1.54, 1.807) is 0 Å². The van der Waals surface area contributed by atoms with Crippen LogP contribution in [0.3, 0.4) is 0 Å². The molecule has 1 amide bonds. The van der Waals surface area contributed by atoms with Crippen LogP contribution in [0.2, 0.25) is 0 Å². The van der Waals surface area contributed by atoms with Gasteiger partial charge in [-0.2, -0.15) is 0 Å². The smallest absolute Gasteiger partial charge is 0.218 e. The van der Waals surface area contributed by atoms with Gasteiger partial charge in [0.1, 0.15) is 5.82 Å². The van der Waals surface area contributed by atoms with Crippen molar-refractivity contribution >= 4 is 5.91 Å². The molecule has 0 radical (unpaired) electrons. The summed E-state index contributed by atoms with van der Waals surface area (Å²) < 4.78 is 2.09. The molecule has 2 rings (SSSR count). The Bertz CT molecular complexity index is 548. The van der Waals surface area contributed by atoms with E-state index in [4.69, 9.17) is 5.73 Å². The fourth-order valence-corrected chi connectivity index (χ4v) is 1.97. The van der Waals surface area contributed by atoms with Crippen molar-refractivity contribution in [2.45, 2.75) is 19.9 Å². The maximum Gasteiger partial charge on any atom is 0.218 e. The third kappa shape index (κ3) is 3.42. The largest absolute Gasteiger partial charge is 0.370 e. The predicted molar refractivity (Wildman–Crippen MR) is 73.8 cm³/mol. The summed E-state index contributed by atoms with van der Waals surface area (Å²) in [5, 5.41) is 3.19. The van der Waals surface area contributed by atoms with Crippen LogP contribution in [0.4, 0.5) is 0 Å². The van der Waals surface area contributed by atoms with Crippen molar-refractivity contribution in [2.75, 3.05) is 6.54 Å². The van der Waals surface area contributed by atoms with Crippen molar-refractivity contribution in [3.63, 3.8) is 0 Å². The topological polar surface area (TPSA) is 72.9 Å². The molecule has 0 spiro atoms. The second-order valence-corrected chi connectivity index (χ2v) is 4.36. The monoisotopic (exact) mass is 258 g/mol. The second kappa shape index (κ2) is 6.15. The highest BCUT2D eigenvalue weighted by atomic mass is 16.1. The van der Waals surface area contributed by atoms with Gasteiger partial charge in [-0.05, 0) is 19.1 Å². The number of carbonyl (C=O) groups excluding carboxylic acids is 1. The zero-order valence-corrected chi connectivity index (χ0v) is 11.0. The summed E-state index contributed by atoms with van der Waals surface area (Å²) in [5.74, 6) is 0.651. The molecule has 0 saturated carbocycles. The number of aryl methyl sites for hydroxylation is 1. The highest BCUT2D eigenvalue weighted by Crippen LogP contribution is 2.14. The Labute approximate surface area is 112 Å². The maximum atomic E-state index is 10.7. The number of nitrogens with zero attached hydrogens (tertiary/aromatic N) is 2. The minimum Gasteiger partial charge on any atom is -0.370 e. The summed E-state index contributed by atoms with van der Waals surface area (Å²) in [6.45, 7) is 3.21. The van der Waals surface area contributed by atoms with E-state index in [9.17, 15) is 4.79 Å². The number of hydrogen-bond acceptors (Lipinski definition) is 3. The molecule has 5 nitrogen and oxygen atoms in total. The quantitative estimate of drug-likeness (QED) is 0.763. The average molecular weight is 258 g/mol. The Morgan fingerprint density at radius 3 is 2.79 bits per heavy atom. The van der Waals surface area contributed by atoms with Gasteiger partial charge in [0.15, 0.2) is 0 Å². The van der Waals surface area contributed by atoms with Crippen LogP contribution >= 0.6 is 0 Å². The molecule has 0 saturated heterocycles. The first-order valence-corrected chi connectivity index (χ1v) is 6.26. The summed E-state index contributed by atoms with van der Waals surface area (Å²) in [6, 6.07) is 10.1. The number of aromatic nitrogens is 2. The molecular formula is C14H18N4O. The van der Waals surface area contributed by atoms with E-state index in [1.807, 2.05) is 43.5 Å². The van der Waals surface area contributed by atoms with Crippen LogP contribution in [-0.2, 0) is 11.3 Å². The predicted octanol–water partition coefficient (Wildman–Crippen LogP) is 1.15. The molecular weight excluding hydrogens is 240 g/mol. The zero-order chi connectivity index (χ0) is 13.7. The summed E-state index contributed by atoms with van der Waals surface area (Å²) in [6.07, 6.45) is 2.19. The Morgan fingerprint density at radius 2 is 2.11 bits per heavy atom. The second-order valence-electron chi connectivity index (χ2n) is 4.36. The van der Waals surface area contributed by atoms with Crippen LogP contribution in [0.1, 0.15) is 17.9 Å². The van der Waals surface area contributed by atoms with Crippen LogP contribution in [-0.4, -0.2) is 22.0 Å². The number of nitrogens with two attached hydrogens (primary N) is 1. The van der Waals surface area contributed by atoms with E-state index in [-0.39, 0.29) is 5.91 Å². The number of carbonyl (C=O) groups is 1. The minimum absolute atomic E-state index is 0.291. The van der Waals surface area contributed by atoms with E-state index in [0.29, 0.717) is 19.5 Å². The fraction of sp³-hybridized carbons (Fsp3) is 0.286. The molecule has 1 aromatic carbocycles. The first kappa shape index (κ1) is 13.3. The average Bonchev–Trinajstić information content (AvgIpc) is 2.77. The van der Waals surface area contributed by atoms with Gasteiger partial charge >= 0.3 is 0 Å². The van der Waals surface area contributed by atoms with Crippen molar-refractivity contribution in [2.24, 2.45) is 5.73 Å². The molecule has 3 N–H and O–H groups in total. The van der Waals surface area contributed by atoms with Gasteiger partial charge in [-0.3, -0.25) is 9.36 Å². The molecule has 0 fully saturated rings. The number of benzene rings is 1. The first-order chi connectivity index (χ1) is 9.18. The molecule has 5 heteroatoms. The Kier molecular flexibility index (Phi) is 4.30. The molecule has 2 aromatic rings. The van der Waals surface area contributed by atoms with Crippen molar-refractivity contribution in [1.29, 1.82) is 0 Å². The molecule has 0 atom stereocenters. The van der Waals surface area contributed by atoms with Crippen LogP contribution in [0.5, 0.6) is 0 Å². The molecule has 100 valence electrons. The Balaban J connectivity index is 2.08. The number of nitrogens with one attached hydrogen (secondary N) is 1. The summed E-state index contributed by atoms with van der Waals surface area (Å²) >= 11 is 0. The van der Waals surface area contributed by atoms with Gasteiger partial charge in [0.25, 0.3) is 0 Å². The summed E-state index contributed by atoms with van der Waals surface area (Å²) in [5.41, 5.74) is 7.25. The molecule has 1 aromatic heterocycles. The molecule has 19 heavy (non-hydrogen) atoms. The highest BCUT2D eigenvalue weighted by Gasteiger charge is 2.07. The number of rotatable bonds is 6. The van der Waals surface area contributed by atoms with Crippen molar-refractivity contribution in [3.8, 4) is 5.69 Å². The zero-order valence-electron chi connectivity index (χ0n) is 11.0. The lowest BCUT2D eigenvalue weighted by molar-refractivity contribution is -0.117. The lowest BCUT2D eigenvalue weighted by atomic mass is 10.3. The molecule has 0 aliphatic rings. The number of imidazole rings is 1. The van der Waals surface area contributed by atoms with Gasteiger partial charge in [-0.1, -0.05) is 18.2 Å². The molecule has 0 aliphatic heterocycles. The van der Waals surface area contributed by atoms with Gasteiger partial charge in [-0.25, -0.2) is 4.98 Å². The third-order valence-electron chi connectivity index (χ3n) is 2.88. The Hall–Kier alpha value is -2.14. The van der Waals surface area contributed by atoms with E-state index < -0.39 is 0 Å². The van der Waals surface area contributed by atoms with Gasteiger partial charge < -0.3 is 11.1 Å². The van der Waals surface area contributed by atoms with Gasteiger partial charge in [0, 0.05) is 25.2 Å². The molecule has 0 bridgehead atoms. The number of primary amides is 1. The van der Waals surface area contributed by atoms with Crippen molar-refractivity contribution < 1.29 is 4.79 Å². The van der Waals surface area contributed by atoms with Crippen molar-refractivity contribution in [3.05, 3.63) is 48.0 Å². The number of para-hydroxylation sites is 1. The van der Waals surface area contributed by atoms with E-state index in [2.05, 4.69) is 14.9 Å². The van der Waals surface area contributed by atoms with Gasteiger partial charge in [-0.15, -0.1) is 0 Å². The fourth-order valence-electron chi connectivity index (χ4n) is 1.97. The molecule has 0 aliphatic carbocycles. The lowest BCUT2D eigenvalue weighted by Crippen LogP contribution is -2.22. The molecule has 0 unspecified atom stereocenters. The number of hydrogen-bond donors (Lipinski definition) is 2. The van der Waals surface area contributed by atoms with Crippen LogP contribution in [0.15, 0.2) is 36.5 Å². The number of amides is 1. The highest BCUT2D eigenvalue weighted by molar-refractivity contribution is 5.73. The summed E-state index contributed by atoms with van der Waals surface area (Å²) in [4.78, 5) is 15.0. The van der Waals surface area contributed by atoms with Gasteiger partial charge in [0.05, 0.1) is 11.9 Å². The van der Waals surface area contributed by atoms with E-state index >= 15 is 0 Å². The van der Waals surface area contributed by atoms with Crippen LogP contribution < -0.4 is 11.1 Å². The van der Waals surface area contributed by atoms with E-state index in [0.717, 1.165) is 17.2 Å². The van der Waals surface area contributed by atoms with Crippen LogP contribution in [0, 0.1) is 6.92 Å². The van der Waals surface area contributed by atoms with Crippen molar-refractivity contribution in [1.82, 2.24) is 14.9 Å². The maximum absolute atomic E-state index is 10.7. The third-order valence-corrected chi connectivity index (χ3v) is 2.88. The molecule has 1 heterocycles. The minimum atomic E-state index is -0.291. The lowest BCUT2D eigenvalue weighted by Gasteiger charge is -2.10.